The molecule has 21 heavy (non-hydrogen) atoms. The monoisotopic (exact) mass is 288 g/mol. The van der Waals surface area contributed by atoms with Gasteiger partial charge in [-0.2, -0.15) is 0 Å². The fraction of sp³-hybridized carbons (Fsp3) is 0.200. The van der Waals surface area contributed by atoms with Crippen LogP contribution in [0.25, 0.3) is 0 Å². The Kier molecular flexibility index (Phi) is 4.61. The molecule has 6 nitrogen and oxygen atoms in total. The molecule has 1 aromatic carbocycles. The van der Waals surface area contributed by atoms with E-state index < -0.39 is 11.8 Å². The summed E-state index contributed by atoms with van der Waals surface area (Å²) in [4.78, 5) is 23.2. The number of carbonyl (C=O) groups excluding carboxylic acids is 2. The predicted octanol–water partition coefficient (Wildman–Crippen LogP) is 1.74. The van der Waals surface area contributed by atoms with Gasteiger partial charge in [0.1, 0.15) is 12.0 Å². The number of amides is 2. The van der Waals surface area contributed by atoms with Crippen LogP contribution in [0.15, 0.2) is 41.2 Å². The van der Waals surface area contributed by atoms with Gasteiger partial charge in [0.2, 0.25) is 0 Å². The number of hydrogen-bond acceptors (Lipinski definition) is 4. The second-order valence-corrected chi connectivity index (χ2v) is 4.57. The lowest BCUT2D eigenvalue weighted by atomic mass is 10.1. The summed E-state index contributed by atoms with van der Waals surface area (Å²) in [6.07, 6.45) is 2.66. The van der Waals surface area contributed by atoms with Gasteiger partial charge in [0, 0.05) is 0 Å². The maximum absolute atomic E-state index is 11.6. The Morgan fingerprint density at radius 3 is 2.71 bits per heavy atom. The number of benzene rings is 1. The molecule has 0 aliphatic rings. The van der Waals surface area contributed by atoms with Crippen LogP contribution in [0.1, 0.15) is 21.5 Å². The molecule has 0 aliphatic carbocycles. The van der Waals surface area contributed by atoms with Crippen molar-refractivity contribution in [2.75, 3.05) is 6.61 Å². The second kappa shape index (κ2) is 6.60. The van der Waals surface area contributed by atoms with Gasteiger partial charge in [0.05, 0.1) is 11.8 Å². The highest BCUT2D eigenvalue weighted by Gasteiger charge is 2.09. The first-order chi connectivity index (χ1) is 10.1. The number of rotatable bonds is 4. The molecule has 1 aromatic heterocycles. The van der Waals surface area contributed by atoms with Crippen LogP contribution in [0.3, 0.4) is 0 Å². The van der Waals surface area contributed by atoms with Gasteiger partial charge in [-0.3, -0.25) is 20.4 Å². The van der Waals surface area contributed by atoms with E-state index in [0.717, 1.165) is 11.1 Å². The number of carbonyl (C=O) groups is 2. The zero-order valence-electron chi connectivity index (χ0n) is 11.8. The molecule has 0 aliphatic heterocycles. The molecule has 0 fully saturated rings. The molecule has 0 radical (unpaired) electrons. The SMILES string of the molecule is Cc1ccc(C)c(OCC(=O)NNC(=O)c2ccoc2)c1. The number of aryl methyl sites for hydroxylation is 2. The molecule has 0 bridgehead atoms. The molecule has 0 unspecified atom stereocenters. The second-order valence-electron chi connectivity index (χ2n) is 4.57. The van der Waals surface area contributed by atoms with Crippen molar-refractivity contribution in [1.29, 1.82) is 0 Å². The molecule has 1 heterocycles. The van der Waals surface area contributed by atoms with E-state index in [4.69, 9.17) is 9.15 Å². The molecule has 2 amide bonds. The van der Waals surface area contributed by atoms with Gasteiger partial charge in [0.15, 0.2) is 6.61 Å². The molecule has 2 N–H and O–H groups in total. The smallest absolute Gasteiger partial charge is 0.276 e. The maximum atomic E-state index is 11.6. The lowest BCUT2D eigenvalue weighted by Crippen LogP contribution is -2.43. The van der Waals surface area contributed by atoms with E-state index in [-0.39, 0.29) is 6.61 Å². The summed E-state index contributed by atoms with van der Waals surface area (Å²) in [7, 11) is 0. The van der Waals surface area contributed by atoms with Gasteiger partial charge >= 0.3 is 0 Å². The lowest BCUT2D eigenvalue weighted by Gasteiger charge is -2.10. The molecular formula is C15H16N2O4. The van der Waals surface area contributed by atoms with Crippen LogP contribution in [-0.2, 0) is 4.79 Å². The summed E-state index contributed by atoms with van der Waals surface area (Å²) in [6, 6.07) is 7.23. The highest BCUT2D eigenvalue weighted by molar-refractivity contribution is 5.95. The molecule has 110 valence electrons. The van der Waals surface area contributed by atoms with Crippen molar-refractivity contribution in [2.45, 2.75) is 13.8 Å². The Balaban J connectivity index is 1.80. The highest BCUT2D eigenvalue weighted by atomic mass is 16.5. The van der Waals surface area contributed by atoms with Crippen molar-refractivity contribution < 1.29 is 18.7 Å². The van der Waals surface area contributed by atoms with Crippen molar-refractivity contribution in [3.8, 4) is 5.75 Å². The van der Waals surface area contributed by atoms with Gasteiger partial charge < -0.3 is 9.15 Å². The van der Waals surface area contributed by atoms with Crippen molar-refractivity contribution in [3.05, 3.63) is 53.5 Å². The van der Waals surface area contributed by atoms with Crippen LogP contribution in [-0.4, -0.2) is 18.4 Å². The molecule has 6 heteroatoms. The Hall–Kier alpha value is -2.76. The number of hydrogen-bond donors (Lipinski definition) is 2. The van der Waals surface area contributed by atoms with Crippen LogP contribution in [0.2, 0.25) is 0 Å². The molecular weight excluding hydrogens is 272 g/mol. The average Bonchev–Trinajstić information content (AvgIpc) is 3.00. The molecule has 0 saturated heterocycles. The van der Waals surface area contributed by atoms with Gasteiger partial charge in [-0.05, 0) is 37.1 Å². The molecule has 0 spiro atoms. The zero-order valence-corrected chi connectivity index (χ0v) is 11.8. The summed E-state index contributed by atoms with van der Waals surface area (Å²) < 4.78 is 10.2. The first-order valence-electron chi connectivity index (χ1n) is 6.37. The summed E-state index contributed by atoms with van der Waals surface area (Å²) in [5.74, 6) is -0.261. The Bertz CT molecular complexity index is 635. The van der Waals surface area contributed by atoms with E-state index in [2.05, 4.69) is 10.9 Å². The van der Waals surface area contributed by atoms with E-state index in [1.165, 1.54) is 18.6 Å². The molecule has 0 saturated carbocycles. The Morgan fingerprint density at radius 1 is 1.19 bits per heavy atom. The van der Waals surface area contributed by atoms with Crippen LogP contribution in [0, 0.1) is 13.8 Å². The van der Waals surface area contributed by atoms with Gasteiger partial charge in [-0.25, -0.2) is 0 Å². The summed E-state index contributed by atoms with van der Waals surface area (Å²) >= 11 is 0. The normalized spacial score (nSPS) is 10.0. The van der Waals surface area contributed by atoms with Gasteiger partial charge in [0.25, 0.3) is 11.8 Å². The molecule has 0 atom stereocenters. The fourth-order valence-electron chi connectivity index (χ4n) is 1.63. The van der Waals surface area contributed by atoms with Gasteiger partial charge in [-0.15, -0.1) is 0 Å². The van der Waals surface area contributed by atoms with E-state index in [1.807, 2.05) is 32.0 Å². The topological polar surface area (TPSA) is 80.6 Å². The zero-order chi connectivity index (χ0) is 15.2. The number of furan rings is 1. The highest BCUT2D eigenvalue weighted by Crippen LogP contribution is 2.18. The average molecular weight is 288 g/mol. The minimum atomic E-state index is -0.455. The quantitative estimate of drug-likeness (QED) is 0.840. The fourth-order valence-corrected chi connectivity index (χ4v) is 1.63. The summed E-state index contributed by atoms with van der Waals surface area (Å²) in [6.45, 7) is 3.65. The number of nitrogens with one attached hydrogen (secondary N) is 2. The van der Waals surface area contributed by atoms with E-state index in [0.29, 0.717) is 11.3 Å². The minimum Gasteiger partial charge on any atom is -0.483 e. The lowest BCUT2D eigenvalue weighted by molar-refractivity contribution is -0.123. The predicted molar refractivity (Wildman–Crippen MR) is 75.7 cm³/mol. The largest absolute Gasteiger partial charge is 0.483 e. The van der Waals surface area contributed by atoms with Crippen molar-refractivity contribution in [1.82, 2.24) is 10.9 Å². The van der Waals surface area contributed by atoms with Crippen LogP contribution >= 0.6 is 0 Å². The number of ether oxygens (including phenoxy) is 1. The van der Waals surface area contributed by atoms with Gasteiger partial charge in [-0.1, -0.05) is 12.1 Å². The third-order valence-electron chi connectivity index (χ3n) is 2.80. The van der Waals surface area contributed by atoms with E-state index in [1.54, 1.807) is 0 Å². The Morgan fingerprint density at radius 2 is 2.00 bits per heavy atom. The van der Waals surface area contributed by atoms with Crippen LogP contribution in [0.5, 0.6) is 5.75 Å². The summed E-state index contributed by atoms with van der Waals surface area (Å²) in [5.41, 5.74) is 6.85. The first-order valence-corrected chi connectivity index (χ1v) is 6.37. The minimum absolute atomic E-state index is 0.185. The van der Waals surface area contributed by atoms with Crippen LogP contribution < -0.4 is 15.6 Å². The Labute approximate surface area is 122 Å². The van der Waals surface area contributed by atoms with Crippen molar-refractivity contribution >= 4 is 11.8 Å². The van der Waals surface area contributed by atoms with Crippen molar-refractivity contribution in [3.63, 3.8) is 0 Å². The van der Waals surface area contributed by atoms with Crippen molar-refractivity contribution in [2.24, 2.45) is 0 Å². The number of hydrazine groups is 1. The molecule has 2 rings (SSSR count). The van der Waals surface area contributed by atoms with E-state index >= 15 is 0 Å². The summed E-state index contributed by atoms with van der Waals surface area (Å²) in [5, 5.41) is 0. The maximum Gasteiger partial charge on any atom is 0.276 e. The van der Waals surface area contributed by atoms with Crippen LogP contribution in [0.4, 0.5) is 0 Å². The van der Waals surface area contributed by atoms with E-state index in [9.17, 15) is 9.59 Å². The first kappa shape index (κ1) is 14.6. The standard InChI is InChI=1S/C15H16N2O4/c1-10-3-4-11(2)13(7-10)21-9-14(18)16-17-15(19)12-5-6-20-8-12/h3-8H,9H2,1-2H3,(H,16,18)(H,17,19). The third kappa shape index (κ3) is 4.10. The molecule has 2 aromatic rings. The third-order valence-corrected chi connectivity index (χ3v) is 2.80.